The summed E-state index contributed by atoms with van der Waals surface area (Å²) in [6, 6.07) is 13.2. The molecule has 0 spiro atoms. The summed E-state index contributed by atoms with van der Waals surface area (Å²) < 4.78 is 10.5. The average Bonchev–Trinajstić information content (AvgIpc) is 2.69. The van der Waals surface area contributed by atoms with E-state index in [1.165, 1.54) is 0 Å². The topological polar surface area (TPSA) is 54.0 Å². The molecule has 0 saturated carbocycles. The maximum atomic E-state index is 12.5. The Morgan fingerprint density at radius 3 is 2.37 bits per heavy atom. The number of carbonyl (C=O) groups excluding carboxylic acids is 1. The van der Waals surface area contributed by atoms with Crippen molar-refractivity contribution in [3.05, 3.63) is 47.5 Å². The van der Waals surface area contributed by atoms with E-state index in [0.29, 0.717) is 23.7 Å². The molecule has 1 saturated heterocycles. The molecule has 2 aromatic rings. The third-order valence-electron chi connectivity index (χ3n) is 4.61. The van der Waals surface area contributed by atoms with Gasteiger partial charge < -0.3 is 19.7 Å². The van der Waals surface area contributed by atoms with Gasteiger partial charge in [-0.2, -0.15) is 0 Å². The van der Waals surface area contributed by atoms with Crippen LogP contribution in [0.5, 0.6) is 11.5 Å². The average molecular weight is 390 g/mol. The van der Waals surface area contributed by atoms with Gasteiger partial charge in [0.05, 0.1) is 26.5 Å². The number of nitrogens with zero attached hydrogens (tertiary/aromatic N) is 2. The normalized spacial score (nSPS) is 14.7. The summed E-state index contributed by atoms with van der Waals surface area (Å²) in [5.41, 5.74) is 1.77. The van der Waals surface area contributed by atoms with E-state index in [-0.39, 0.29) is 5.91 Å². The monoisotopic (exact) mass is 389 g/mol. The molecule has 1 heterocycles. The van der Waals surface area contributed by atoms with Gasteiger partial charge in [0.25, 0.3) is 0 Å². The van der Waals surface area contributed by atoms with Gasteiger partial charge in [-0.25, -0.2) is 0 Å². The SMILES string of the molecule is COc1ccc(OC)c(NC(=O)CN2CCN(c3ccc(Cl)cc3)CC2)c1. The number of benzene rings is 2. The zero-order valence-electron chi connectivity index (χ0n) is 15.6. The molecule has 27 heavy (non-hydrogen) atoms. The molecule has 0 bridgehead atoms. The van der Waals surface area contributed by atoms with Gasteiger partial charge in [-0.3, -0.25) is 9.69 Å². The largest absolute Gasteiger partial charge is 0.497 e. The number of anilines is 2. The fraction of sp³-hybridized carbons (Fsp3) is 0.350. The Hall–Kier alpha value is -2.44. The fourth-order valence-corrected chi connectivity index (χ4v) is 3.25. The highest BCUT2D eigenvalue weighted by Gasteiger charge is 2.20. The van der Waals surface area contributed by atoms with E-state index >= 15 is 0 Å². The van der Waals surface area contributed by atoms with Crippen molar-refractivity contribution in [1.29, 1.82) is 0 Å². The molecular weight excluding hydrogens is 366 g/mol. The van der Waals surface area contributed by atoms with E-state index in [0.717, 1.165) is 36.9 Å². The number of carbonyl (C=O) groups is 1. The van der Waals surface area contributed by atoms with E-state index in [9.17, 15) is 4.79 Å². The summed E-state index contributed by atoms with van der Waals surface area (Å²) in [7, 11) is 3.17. The van der Waals surface area contributed by atoms with Gasteiger partial charge in [0.1, 0.15) is 11.5 Å². The molecule has 2 aromatic carbocycles. The molecule has 0 unspecified atom stereocenters. The number of hydrogen-bond donors (Lipinski definition) is 1. The van der Waals surface area contributed by atoms with Crippen LogP contribution in [0.3, 0.4) is 0 Å². The summed E-state index contributed by atoms with van der Waals surface area (Å²) >= 11 is 5.95. The minimum absolute atomic E-state index is 0.0681. The molecule has 0 aliphatic carbocycles. The molecule has 1 amide bonds. The first-order valence-electron chi connectivity index (χ1n) is 8.84. The molecule has 6 nitrogen and oxygen atoms in total. The van der Waals surface area contributed by atoms with Crippen molar-refractivity contribution in [2.24, 2.45) is 0 Å². The van der Waals surface area contributed by atoms with Gasteiger partial charge in [0.15, 0.2) is 0 Å². The number of ether oxygens (including phenoxy) is 2. The van der Waals surface area contributed by atoms with Crippen molar-refractivity contribution in [2.45, 2.75) is 0 Å². The Bertz CT molecular complexity index is 775. The number of amides is 1. The molecular formula is C20H24ClN3O3. The third-order valence-corrected chi connectivity index (χ3v) is 4.86. The molecule has 0 atom stereocenters. The zero-order valence-corrected chi connectivity index (χ0v) is 16.3. The number of nitrogens with one attached hydrogen (secondary N) is 1. The zero-order chi connectivity index (χ0) is 19.2. The lowest BCUT2D eigenvalue weighted by Crippen LogP contribution is -2.48. The van der Waals surface area contributed by atoms with E-state index < -0.39 is 0 Å². The number of rotatable bonds is 6. The van der Waals surface area contributed by atoms with E-state index in [4.69, 9.17) is 21.1 Å². The smallest absolute Gasteiger partial charge is 0.238 e. The first-order chi connectivity index (χ1) is 13.1. The van der Waals surface area contributed by atoms with Crippen molar-refractivity contribution in [3.63, 3.8) is 0 Å². The minimum Gasteiger partial charge on any atom is -0.497 e. The van der Waals surface area contributed by atoms with Crippen molar-refractivity contribution in [2.75, 3.05) is 57.2 Å². The summed E-state index contributed by atoms with van der Waals surface area (Å²) in [6.07, 6.45) is 0. The van der Waals surface area contributed by atoms with E-state index in [1.54, 1.807) is 32.4 Å². The predicted molar refractivity (Wildman–Crippen MR) is 108 cm³/mol. The molecule has 3 rings (SSSR count). The lowest BCUT2D eigenvalue weighted by atomic mass is 10.2. The van der Waals surface area contributed by atoms with Gasteiger partial charge >= 0.3 is 0 Å². The molecule has 1 N–H and O–H groups in total. The number of halogens is 1. The third kappa shape index (κ3) is 5.05. The number of hydrogen-bond acceptors (Lipinski definition) is 5. The van der Waals surface area contributed by atoms with Crippen molar-refractivity contribution in [1.82, 2.24) is 4.90 Å². The predicted octanol–water partition coefficient (Wildman–Crippen LogP) is 3.12. The number of piperazine rings is 1. The summed E-state index contributed by atoms with van der Waals surface area (Å²) in [6.45, 7) is 3.74. The van der Waals surface area contributed by atoms with Crippen molar-refractivity contribution < 1.29 is 14.3 Å². The Balaban J connectivity index is 1.53. The lowest BCUT2D eigenvalue weighted by molar-refractivity contribution is -0.117. The van der Waals surface area contributed by atoms with Crippen LogP contribution < -0.4 is 19.7 Å². The van der Waals surface area contributed by atoms with Crippen LogP contribution in [-0.4, -0.2) is 57.8 Å². The van der Waals surface area contributed by atoms with Crippen LogP contribution in [0.15, 0.2) is 42.5 Å². The number of methoxy groups -OCH3 is 2. The quantitative estimate of drug-likeness (QED) is 0.822. The van der Waals surface area contributed by atoms with Gasteiger partial charge in [-0.15, -0.1) is 0 Å². The minimum atomic E-state index is -0.0681. The molecule has 1 aliphatic rings. The molecule has 0 aromatic heterocycles. The molecule has 1 fully saturated rings. The molecule has 7 heteroatoms. The van der Waals surface area contributed by atoms with Crippen LogP contribution in [0.2, 0.25) is 5.02 Å². The Labute approximate surface area is 164 Å². The van der Waals surface area contributed by atoms with Crippen molar-refractivity contribution >= 4 is 28.9 Å². The second-order valence-corrected chi connectivity index (χ2v) is 6.79. The summed E-state index contributed by atoms with van der Waals surface area (Å²) in [5.74, 6) is 1.21. The Morgan fingerprint density at radius 1 is 1.04 bits per heavy atom. The van der Waals surface area contributed by atoms with Crippen LogP contribution in [0.1, 0.15) is 0 Å². The highest BCUT2D eigenvalue weighted by atomic mass is 35.5. The summed E-state index contributed by atoms with van der Waals surface area (Å²) in [5, 5.41) is 3.66. The van der Waals surface area contributed by atoms with Crippen LogP contribution in [0.25, 0.3) is 0 Å². The second-order valence-electron chi connectivity index (χ2n) is 6.35. The van der Waals surface area contributed by atoms with Crippen molar-refractivity contribution in [3.8, 4) is 11.5 Å². The second kappa shape index (κ2) is 8.97. The molecule has 0 radical (unpaired) electrons. The van der Waals surface area contributed by atoms with Crippen LogP contribution >= 0.6 is 11.6 Å². The Kier molecular flexibility index (Phi) is 6.42. The lowest BCUT2D eigenvalue weighted by Gasteiger charge is -2.35. The van der Waals surface area contributed by atoms with Gasteiger partial charge in [-0.1, -0.05) is 11.6 Å². The molecule has 1 aliphatic heterocycles. The van der Waals surface area contributed by atoms with E-state index in [1.807, 2.05) is 24.3 Å². The molecule has 144 valence electrons. The standard InChI is InChI=1S/C20H24ClN3O3/c1-26-17-7-8-19(27-2)18(13-17)22-20(25)14-23-9-11-24(12-10-23)16-5-3-15(21)4-6-16/h3-8,13H,9-12,14H2,1-2H3,(H,22,25). The van der Waals surface area contributed by atoms with Gasteiger partial charge in [0.2, 0.25) is 5.91 Å². The van der Waals surface area contributed by atoms with Crippen LogP contribution in [0, 0.1) is 0 Å². The fourth-order valence-electron chi connectivity index (χ4n) is 3.12. The first-order valence-corrected chi connectivity index (χ1v) is 9.21. The maximum Gasteiger partial charge on any atom is 0.238 e. The maximum absolute atomic E-state index is 12.5. The van der Waals surface area contributed by atoms with Crippen LogP contribution in [-0.2, 0) is 4.79 Å². The summed E-state index contributed by atoms with van der Waals surface area (Å²) in [4.78, 5) is 16.9. The Morgan fingerprint density at radius 2 is 1.74 bits per heavy atom. The van der Waals surface area contributed by atoms with E-state index in [2.05, 4.69) is 15.1 Å². The highest BCUT2D eigenvalue weighted by molar-refractivity contribution is 6.30. The first kappa shape index (κ1) is 19.3. The highest BCUT2D eigenvalue weighted by Crippen LogP contribution is 2.28. The van der Waals surface area contributed by atoms with Gasteiger partial charge in [-0.05, 0) is 36.4 Å². The van der Waals surface area contributed by atoms with Crippen LogP contribution in [0.4, 0.5) is 11.4 Å². The van der Waals surface area contributed by atoms with Gasteiger partial charge in [0, 0.05) is 43.0 Å².